The van der Waals surface area contributed by atoms with Crippen molar-refractivity contribution in [1.82, 2.24) is 5.32 Å². The minimum absolute atomic E-state index is 0.0369. The molecule has 0 heterocycles. The molecule has 7 nitrogen and oxygen atoms in total. The monoisotopic (exact) mass is 369 g/mol. The van der Waals surface area contributed by atoms with Crippen LogP contribution in [0, 0.1) is 6.92 Å². The largest absolute Gasteiger partial charge is 0.445 e. The highest BCUT2D eigenvalue weighted by Gasteiger charge is 2.22. The van der Waals surface area contributed by atoms with Crippen molar-refractivity contribution in [3.05, 3.63) is 65.7 Å². The second kappa shape index (κ2) is 9.96. The number of carbonyl (C=O) groups excluding carboxylic acids is 3. The lowest BCUT2D eigenvalue weighted by Crippen LogP contribution is -2.44. The third-order valence-electron chi connectivity index (χ3n) is 3.90. The molecule has 0 spiro atoms. The molecule has 3 amide bonds. The Kier molecular flexibility index (Phi) is 7.37. The van der Waals surface area contributed by atoms with Crippen LogP contribution in [0.15, 0.2) is 54.6 Å². The molecule has 2 rings (SSSR count). The molecule has 0 radical (unpaired) electrons. The van der Waals surface area contributed by atoms with E-state index < -0.39 is 23.9 Å². The molecule has 1 unspecified atom stereocenters. The van der Waals surface area contributed by atoms with Gasteiger partial charge in [-0.15, -0.1) is 0 Å². The fraction of sp³-hybridized carbons (Fsp3) is 0.250. The molecule has 0 aliphatic rings. The van der Waals surface area contributed by atoms with E-state index in [0.717, 1.165) is 11.1 Å². The van der Waals surface area contributed by atoms with E-state index in [4.69, 9.17) is 10.5 Å². The van der Waals surface area contributed by atoms with Crippen LogP contribution in [0.25, 0.3) is 0 Å². The molecule has 1 atom stereocenters. The van der Waals surface area contributed by atoms with Crippen LogP contribution in [0.1, 0.15) is 24.0 Å². The normalized spacial score (nSPS) is 11.3. The van der Waals surface area contributed by atoms with Gasteiger partial charge in [0.05, 0.1) is 0 Å². The smallest absolute Gasteiger partial charge is 0.408 e. The van der Waals surface area contributed by atoms with Gasteiger partial charge in [-0.05, 0) is 30.5 Å². The number of hydrogen-bond donors (Lipinski definition) is 3. The van der Waals surface area contributed by atoms with Crippen molar-refractivity contribution in [3.8, 4) is 0 Å². The molecule has 0 saturated carbocycles. The molecule has 0 aliphatic heterocycles. The van der Waals surface area contributed by atoms with Gasteiger partial charge in [-0.1, -0.05) is 48.5 Å². The van der Waals surface area contributed by atoms with E-state index in [1.807, 2.05) is 49.4 Å². The maximum absolute atomic E-state index is 12.6. The first kappa shape index (κ1) is 20.0. The van der Waals surface area contributed by atoms with Crippen LogP contribution >= 0.6 is 0 Å². The standard InChI is InChI=1S/C20H23N3O4/c1-14-7-5-6-10-16(14)22-19(25)17(11-12-18(21)24)23-20(26)27-13-15-8-3-2-4-9-15/h2-10,17H,11-13H2,1H3,(H2,21,24)(H,22,25)(H,23,26). The van der Waals surface area contributed by atoms with E-state index in [0.29, 0.717) is 5.69 Å². The number of anilines is 1. The van der Waals surface area contributed by atoms with Crippen molar-refractivity contribution in [3.63, 3.8) is 0 Å². The van der Waals surface area contributed by atoms with Gasteiger partial charge in [-0.25, -0.2) is 4.79 Å². The summed E-state index contributed by atoms with van der Waals surface area (Å²) in [6, 6.07) is 15.5. The van der Waals surface area contributed by atoms with Crippen LogP contribution in [-0.2, 0) is 20.9 Å². The highest BCUT2D eigenvalue weighted by atomic mass is 16.5. The molecule has 142 valence electrons. The third kappa shape index (κ3) is 6.81. The fourth-order valence-electron chi connectivity index (χ4n) is 2.40. The Morgan fingerprint density at radius 2 is 1.70 bits per heavy atom. The average Bonchev–Trinajstić information content (AvgIpc) is 2.66. The van der Waals surface area contributed by atoms with Gasteiger partial charge in [0.1, 0.15) is 12.6 Å². The van der Waals surface area contributed by atoms with Gasteiger partial charge in [0, 0.05) is 12.1 Å². The Hall–Kier alpha value is -3.35. The molecule has 7 heteroatoms. The quantitative estimate of drug-likeness (QED) is 0.664. The van der Waals surface area contributed by atoms with Gasteiger partial charge in [-0.3, -0.25) is 9.59 Å². The maximum atomic E-state index is 12.6. The number of carbonyl (C=O) groups is 3. The average molecular weight is 369 g/mol. The zero-order valence-corrected chi connectivity index (χ0v) is 15.1. The lowest BCUT2D eigenvalue weighted by Gasteiger charge is -2.18. The zero-order chi connectivity index (χ0) is 19.6. The molecule has 0 bridgehead atoms. The van der Waals surface area contributed by atoms with Crippen LogP contribution in [0.5, 0.6) is 0 Å². The molecular weight excluding hydrogens is 346 g/mol. The molecule has 27 heavy (non-hydrogen) atoms. The number of rotatable bonds is 8. The molecule has 2 aromatic carbocycles. The molecular formula is C20H23N3O4. The summed E-state index contributed by atoms with van der Waals surface area (Å²) in [5, 5.41) is 5.25. The molecule has 0 aliphatic carbocycles. The Morgan fingerprint density at radius 1 is 1.04 bits per heavy atom. The van der Waals surface area contributed by atoms with Crippen LogP contribution in [0.4, 0.5) is 10.5 Å². The summed E-state index contributed by atoms with van der Waals surface area (Å²) >= 11 is 0. The lowest BCUT2D eigenvalue weighted by atomic mass is 10.1. The number of nitrogens with one attached hydrogen (secondary N) is 2. The van der Waals surface area contributed by atoms with E-state index in [1.165, 1.54) is 0 Å². The van der Waals surface area contributed by atoms with Gasteiger partial charge in [0.25, 0.3) is 0 Å². The van der Waals surface area contributed by atoms with Gasteiger partial charge in [0.15, 0.2) is 0 Å². The van der Waals surface area contributed by atoms with Crippen LogP contribution in [0.2, 0.25) is 0 Å². The summed E-state index contributed by atoms with van der Waals surface area (Å²) in [6.45, 7) is 1.93. The summed E-state index contributed by atoms with van der Waals surface area (Å²) < 4.78 is 5.14. The summed E-state index contributed by atoms with van der Waals surface area (Å²) in [5.74, 6) is -0.995. The summed E-state index contributed by atoms with van der Waals surface area (Å²) in [7, 11) is 0. The molecule has 0 saturated heterocycles. The predicted molar refractivity (Wildman–Crippen MR) is 102 cm³/mol. The minimum atomic E-state index is -0.944. The van der Waals surface area contributed by atoms with Crippen molar-refractivity contribution >= 4 is 23.6 Å². The highest BCUT2D eigenvalue weighted by molar-refractivity contribution is 5.97. The van der Waals surface area contributed by atoms with E-state index >= 15 is 0 Å². The van der Waals surface area contributed by atoms with Crippen molar-refractivity contribution in [2.45, 2.75) is 32.4 Å². The number of benzene rings is 2. The summed E-state index contributed by atoms with van der Waals surface area (Å²) in [5.41, 5.74) is 7.50. The van der Waals surface area contributed by atoms with Crippen LogP contribution < -0.4 is 16.4 Å². The van der Waals surface area contributed by atoms with Crippen molar-refractivity contribution < 1.29 is 19.1 Å². The highest BCUT2D eigenvalue weighted by Crippen LogP contribution is 2.14. The second-order valence-corrected chi connectivity index (χ2v) is 6.07. The maximum Gasteiger partial charge on any atom is 0.408 e. The number of hydrogen-bond acceptors (Lipinski definition) is 4. The zero-order valence-electron chi connectivity index (χ0n) is 15.1. The first-order chi connectivity index (χ1) is 13.0. The number of amides is 3. The summed E-state index contributed by atoms with van der Waals surface area (Å²) in [6.07, 6.45) is -0.702. The number of aryl methyl sites for hydroxylation is 1. The molecule has 2 aromatic rings. The Bertz CT molecular complexity index is 793. The van der Waals surface area contributed by atoms with Gasteiger partial charge in [0.2, 0.25) is 11.8 Å². The van der Waals surface area contributed by atoms with Crippen LogP contribution in [0.3, 0.4) is 0 Å². The molecule has 4 N–H and O–H groups in total. The molecule has 0 aromatic heterocycles. The lowest BCUT2D eigenvalue weighted by molar-refractivity contribution is -0.119. The van der Waals surface area contributed by atoms with Crippen molar-refractivity contribution in [1.29, 1.82) is 0 Å². The van der Waals surface area contributed by atoms with Gasteiger partial charge >= 0.3 is 6.09 Å². The fourth-order valence-corrected chi connectivity index (χ4v) is 2.40. The van der Waals surface area contributed by atoms with E-state index in [9.17, 15) is 14.4 Å². The number of ether oxygens (including phenoxy) is 1. The number of para-hydroxylation sites is 1. The number of nitrogens with two attached hydrogens (primary N) is 1. The first-order valence-electron chi connectivity index (χ1n) is 8.57. The van der Waals surface area contributed by atoms with E-state index in [2.05, 4.69) is 10.6 Å². The Morgan fingerprint density at radius 3 is 2.37 bits per heavy atom. The Labute approximate surface area is 157 Å². The summed E-state index contributed by atoms with van der Waals surface area (Å²) in [4.78, 5) is 35.7. The SMILES string of the molecule is Cc1ccccc1NC(=O)C(CCC(N)=O)NC(=O)OCc1ccccc1. The van der Waals surface area contributed by atoms with Gasteiger partial charge in [-0.2, -0.15) is 0 Å². The number of alkyl carbamates (subject to hydrolysis) is 1. The topological polar surface area (TPSA) is 111 Å². The number of primary amides is 1. The van der Waals surface area contributed by atoms with E-state index in [-0.39, 0.29) is 19.4 Å². The van der Waals surface area contributed by atoms with Crippen molar-refractivity contribution in [2.75, 3.05) is 5.32 Å². The minimum Gasteiger partial charge on any atom is -0.445 e. The van der Waals surface area contributed by atoms with Crippen molar-refractivity contribution in [2.24, 2.45) is 5.73 Å². The first-order valence-corrected chi connectivity index (χ1v) is 8.57. The Balaban J connectivity index is 1.97. The molecule has 0 fully saturated rings. The van der Waals surface area contributed by atoms with Crippen LogP contribution in [-0.4, -0.2) is 23.9 Å². The second-order valence-electron chi connectivity index (χ2n) is 6.07. The van der Waals surface area contributed by atoms with Gasteiger partial charge < -0.3 is 21.1 Å². The predicted octanol–water partition coefficient (Wildman–Crippen LogP) is 2.49. The van der Waals surface area contributed by atoms with E-state index in [1.54, 1.807) is 12.1 Å². The third-order valence-corrected chi connectivity index (χ3v) is 3.90.